The lowest BCUT2D eigenvalue weighted by Gasteiger charge is -2.43. The predicted molar refractivity (Wildman–Crippen MR) is 168 cm³/mol. The quantitative estimate of drug-likeness (QED) is 0.231. The second-order valence-corrected chi connectivity index (χ2v) is 12.3. The third-order valence-electron chi connectivity index (χ3n) is 8.81. The minimum absolute atomic E-state index is 0.405. The van der Waals surface area contributed by atoms with Crippen LogP contribution in [0, 0.1) is 11.8 Å². The Bertz CT molecular complexity index is 1870. The molecule has 0 N–H and O–H groups in total. The summed E-state index contributed by atoms with van der Waals surface area (Å²) >= 11 is -0.694. The van der Waals surface area contributed by atoms with Crippen molar-refractivity contribution in [3.05, 3.63) is 95.1 Å². The molecule has 4 heterocycles. The van der Waals surface area contributed by atoms with Gasteiger partial charge in [0.25, 0.3) is 0 Å². The first-order valence-electron chi connectivity index (χ1n) is 14.1. The molecule has 0 spiro atoms. The zero-order chi connectivity index (χ0) is 27.1. The van der Waals surface area contributed by atoms with E-state index in [9.17, 15) is 0 Å². The number of hydrogen-bond acceptors (Lipinski definition) is 6. The zero-order valence-corrected chi connectivity index (χ0v) is 23.9. The lowest BCUT2D eigenvalue weighted by atomic mass is 9.62. The van der Waals surface area contributed by atoms with Crippen LogP contribution in [0.1, 0.15) is 47.9 Å². The van der Waals surface area contributed by atoms with Gasteiger partial charge in [-0.25, -0.2) is 40.0 Å². The highest BCUT2D eigenvalue weighted by Crippen LogP contribution is 2.43. The summed E-state index contributed by atoms with van der Waals surface area (Å²) in [6, 6.07) is 24.6. The van der Waals surface area contributed by atoms with E-state index < -0.39 is 14.5 Å². The van der Waals surface area contributed by atoms with Gasteiger partial charge in [-0.1, -0.05) is 85.6 Å². The van der Waals surface area contributed by atoms with Crippen LogP contribution in [0.4, 0.5) is 11.6 Å². The Morgan fingerprint density at radius 2 is 0.927 bits per heavy atom. The summed E-state index contributed by atoms with van der Waals surface area (Å²) in [6.07, 6.45) is 4.71. The Labute approximate surface area is 247 Å². The molecule has 3 aliphatic heterocycles. The molecular formula is C32H22AlClN7. The maximum absolute atomic E-state index is 6.71. The smallest absolute Gasteiger partial charge is 0.395 e. The van der Waals surface area contributed by atoms with Crippen molar-refractivity contribution in [1.82, 2.24) is 3.55 Å². The van der Waals surface area contributed by atoms with Crippen LogP contribution in [0.5, 0.6) is 0 Å². The van der Waals surface area contributed by atoms with Gasteiger partial charge in [0, 0.05) is 44.9 Å². The van der Waals surface area contributed by atoms with Gasteiger partial charge in [0.05, 0.1) is 11.4 Å². The summed E-state index contributed by atoms with van der Waals surface area (Å²) in [5, 5.41) is 1.96. The molecule has 6 bridgehead atoms. The van der Waals surface area contributed by atoms with Crippen LogP contribution in [0.25, 0.3) is 10.8 Å². The second kappa shape index (κ2) is 9.02. The minimum atomic E-state index is -0.694. The van der Waals surface area contributed by atoms with Crippen LogP contribution >= 0.6 is 10.0 Å². The minimum Gasteiger partial charge on any atom is -0.395 e. The van der Waals surface area contributed by atoms with E-state index in [0.29, 0.717) is 35.2 Å². The van der Waals surface area contributed by atoms with Crippen molar-refractivity contribution in [1.29, 1.82) is 0 Å². The standard InChI is InChI=1S/C32H22N7.Al.ClH/c1-2-10-18-17(9-1)25-26(18)34-28-20-12-4-6-14-22(20)30(36-28)38-32-24-16-8-7-15-23(24)31(39-32)37-29-21-13-5-3-11-19(21)27(33-25)35-29;;/h3-8,11-18H,1-2,9-10H2;;1H/q-1;+2;/p-1. The van der Waals surface area contributed by atoms with Gasteiger partial charge < -0.3 is 3.55 Å². The maximum Gasteiger partial charge on any atom is 0.526 e. The van der Waals surface area contributed by atoms with Crippen molar-refractivity contribution in [3.63, 3.8) is 0 Å². The van der Waals surface area contributed by atoms with Crippen molar-refractivity contribution in [2.24, 2.45) is 41.8 Å². The van der Waals surface area contributed by atoms with E-state index in [-0.39, 0.29) is 0 Å². The monoisotopic (exact) mass is 566 g/mol. The number of halogens is 1. The molecule has 4 aromatic rings. The number of aromatic nitrogens is 1. The van der Waals surface area contributed by atoms with Gasteiger partial charge in [-0.15, -0.1) is 0 Å². The van der Waals surface area contributed by atoms with Crippen molar-refractivity contribution in [2.75, 3.05) is 0 Å². The van der Waals surface area contributed by atoms with Crippen molar-refractivity contribution < 1.29 is 0 Å². The number of amidine groups is 4. The molecule has 0 saturated heterocycles. The van der Waals surface area contributed by atoms with E-state index in [1.165, 1.54) is 12.8 Å². The number of nitrogens with zero attached hydrogens (tertiary/aromatic N) is 7. The van der Waals surface area contributed by atoms with Crippen LogP contribution < -0.4 is 0 Å². The lowest BCUT2D eigenvalue weighted by Crippen LogP contribution is -2.50. The summed E-state index contributed by atoms with van der Waals surface area (Å²) in [7, 11) is 6.71. The van der Waals surface area contributed by atoms with Crippen LogP contribution in [0.2, 0.25) is 0 Å². The van der Waals surface area contributed by atoms with Gasteiger partial charge in [0.1, 0.15) is 11.6 Å². The molecule has 2 saturated carbocycles. The predicted octanol–water partition coefficient (Wildman–Crippen LogP) is 6.66. The number of aliphatic imine (C=N–C) groups is 6. The number of hydrogen-bond donors (Lipinski definition) is 0. The molecule has 1 aromatic heterocycles. The fourth-order valence-electron chi connectivity index (χ4n) is 6.86. The van der Waals surface area contributed by atoms with E-state index in [4.69, 9.17) is 40.0 Å². The van der Waals surface area contributed by atoms with Gasteiger partial charge in [-0.05, 0) is 12.8 Å². The van der Waals surface area contributed by atoms with Crippen molar-refractivity contribution in [2.45, 2.75) is 25.7 Å². The summed E-state index contributed by atoms with van der Waals surface area (Å²) in [6.45, 7) is 0. The molecular weight excluding hydrogens is 545 g/mol. The molecule has 2 fully saturated rings. The molecule has 41 heavy (non-hydrogen) atoms. The van der Waals surface area contributed by atoms with Crippen LogP contribution in [0.3, 0.4) is 0 Å². The van der Waals surface area contributed by atoms with Crippen molar-refractivity contribution >= 4 is 81.7 Å². The van der Waals surface area contributed by atoms with Crippen LogP contribution in [0.15, 0.2) is 103 Å². The first-order chi connectivity index (χ1) is 20.3. The maximum atomic E-state index is 6.71. The van der Waals surface area contributed by atoms with Crippen molar-refractivity contribution in [3.8, 4) is 0 Å². The largest absolute Gasteiger partial charge is 0.526 e. The summed E-state index contributed by atoms with van der Waals surface area (Å²) in [5.74, 6) is 5.01. The molecule has 1 radical (unpaired) electrons. The first-order valence-corrected chi connectivity index (χ1v) is 16.3. The highest BCUT2D eigenvalue weighted by atomic mass is 35.6. The average molecular weight is 567 g/mol. The normalized spacial score (nSPS) is 21.8. The number of fused-ring (bicyclic) bond motifs is 17. The van der Waals surface area contributed by atoms with E-state index in [2.05, 4.69) is 36.4 Å². The zero-order valence-electron chi connectivity index (χ0n) is 22.0. The molecule has 9 rings (SSSR count). The highest BCUT2D eigenvalue weighted by molar-refractivity contribution is 6.93. The van der Waals surface area contributed by atoms with E-state index >= 15 is 0 Å². The topological polar surface area (TPSA) is 79.1 Å². The van der Waals surface area contributed by atoms with E-state index in [1.807, 2.05) is 39.9 Å². The van der Waals surface area contributed by atoms with Gasteiger partial charge in [-0.3, -0.25) is 0 Å². The van der Waals surface area contributed by atoms with Gasteiger partial charge in [0.2, 0.25) is 0 Å². The van der Waals surface area contributed by atoms with Gasteiger partial charge >= 0.3 is 14.5 Å². The number of benzene rings is 3. The average Bonchev–Trinajstić information content (AvgIpc) is 3.65. The fraction of sp³-hybridized carbons (Fsp3) is 0.188. The molecule has 9 heteroatoms. The van der Waals surface area contributed by atoms with E-state index in [0.717, 1.165) is 68.9 Å². The van der Waals surface area contributed by atoms with Gasteiger partial charge in [-0.2, -0.15) is 0 Å². The SMILES string of the molecule is [Cl][Al][n]1c2c3ccccc3c1N=C1N=C(N=C3C(=NC4=NC(=N2)c2ccccc24)C2CCCCC32)c2ccccc21. The fourth-order valence-corrected chi connectivity index (χ4v) is 7.99. The Morgan fingerprint density at radius 1 is 0.537 bits per heavy atom. The Morgan fingerprint density at radius 3 is 1.34 bits per heavy atom. The first kappa shape index (κ1) is 23.7. The number of rotatable bonds is 1. The summed E-state index contributed by atoms with van der Waals surface area (Å²) in [5.41, 5.74) is 6.03. The molecule has 5 aliphatic rings. The Hall–Kier alpha value is -3.96. The second-order valence-electron chi connectivity index (χ2n) is 11.0. The highest BCUT2D eigenvalue weighted by Gasteiger charge is 2.46. The molecule has 3 aromatic carbocycles. The molecule has 7 nitrogen and oxygen atoms in total. The molecule has 0 amide bonds. The third kappa shape index (κ3) is 3.45. The molecule has 2 unspecified atom stereocenters. The molecule has 2 aliphatic carbocycles. The molecule has 2 atom stereocenters. The molecule has 195 valence electrons. The lowest BCUT2D eigenvalue weighted by molar-refractivity contribution is 0.356. The van der Waals surface area contributed by atoms with E-state index in [1.54, 1.807) is 0 Å². The van der Waals surface area contributed by atoms with Crippen LogP contribution in [-0.4, -0.2) is 52.8 Å². The van der Waals surface area contributed by atoms with Crippen LogP contribution in [-0.2, 0) is 0 Å². The Kier molecular flexibility index (Phi) is 5.22. The third-order valence-corrected chi connectivity index (χ3v) is 10.1. The van der Waals surface area contributed by atoms with Gasteiger partial charge in [0.15, 0.2) is 23.3 Å². The summed E-state index contributed by atoms with van der Waals surface area (Å²) in [4.78, 5) is 30.9. The Balaban J connectivity index is 1.38. The summed E-state index contributed by atoms with van der Waals surface area (Å²) < 4.78 is 2.02.